The van der Waals surface area contributed by atoms with Crippen molar-refractivity contribution in [1.29, 1.82) is 0 Å². The second-order valence-corrected chi connectivity index (χ2v) is 4.43. The number of hydrogen-bond acceptors (Lipinski definition) is 3. The summed E-state index contributed by atoms with van der Waals surface area (Å²) in [5, 5.41) is 10.5. The Kier molecular flexibility index (Phi) is 2.72. The molecule has 2 heterocycles. The van der Waals surface area contributed by atoms with Gasteiger partial charge in [0.05, 0.1) is 5.56 Å². The first-order valence-electron chi connectivity index (χ1n) is 5.53. The monoisotopic (exact) mass is 273 g/mol. The molecule has 0 aliphatic heterocycles. The Morgan fingerprint density at radius 3 is 2.89 bits per heavy atom. The van der Waals surface area contributed by atoms with E-state index < -0.39 is 5.97 Å². The molecule has 19 heavy (non-hydrogen) atoms. The fourth-order valence-corrected chi connectivity index (χ4v) is 2.10. The van der Waals surface area contributed by atoms with Crippen LogP contribution in [0, 0.1) is 0 Å². The lowest BCUT2D eigenvalue weighted by Crippen LogP contribution is -2.01. The molecule has 0 aliphatic rings. The van der Waals surface area contributed by atoms with Crippen LogP contribution < -0.4 is 0 Å². The van der Waals surface area contributed by atoms with Gasteiger partial charge < -0.3 is 9.52 Å². The van der Waals surface area contributed by atoms with Gasteiger partial charge in [-0.2, -0.15) is 0 Å². The fourth-order valence-electron chi connectivity index (χ4n) is 1.92. The predicted octanol–water partition coefficient (Wildman–Crippen LogP) is 3.85. The molecular weight excluding hydrogens is 266 g/mol. The highest BCUT2D eigenvalue weighted by molar-refractivity contribution is 6.31. The van der Waals surface area contributed by atoms with E-state index in [1.165, 1.54) is 6.20 Å². The molecule has 0 aliphatic carbocycles. The summed E-state index contributed by atoms with van der Waals surface area (Å²) in [6.45, 7) is 0. The number of aromatic nitrogens is 1. The van der Waals surface area contributed by atoms with E-state index in [4.69, 9.17) is 21.1 Å². The maximum absolute atomic E-state index is 11.1. The number of benzene rings is 1. The van der Waals surface area contributed by atoms with Gasteiger partial charge in [0.25, 0.3) is 0 Å². The molecule has 0 saturated heterocycles. The Morgan fingerprint density at radius 1 is 1.26 bits per heavy atom. The zero-order valence-electron chi connectivity index (χ0n) is 9.63. The number of furan rings is 1. The average molecular weight is 274 g/mol. The van der Waals surface area contributed by atoms with E-state index in [2.05, 4.69) is 4.98 Å². The molecule has 2 aromatic heterocycles. The minimum absolute atomic E-state index is 0.0346. The topological polar surface area (TPSA) is 63.3 Å². The summed E-state index contributed by atoms with van der Waals surface area (Å²) < 4.78 is 5.64. The number of carboxylic acid groups (broad SMARTS) is 1. The van der Waals surface area contributed by atoms with E-state index >= 15 is 0 Å². The molecule has 0 saturated carbocycles. The van der Waals surface area contributed by atoms with Crippen molar-refractivity contribution in [3.05, 3.63) is 53.3 Å². The highest BCUT2D eigenvalue weighted by Crippen LogP contribution is 2.30. The van der Waals surface area contributed by atoms with Crippen molar-refractivity contribution in [2.24, 2.45) is 0 Å². The van der Waals surface area contributed by atoms with Gasteiger partial charge in [-0.15, -0.1) is 0 Å². The van der Waals surface area contributed by atoms with E-state index in [-0.39, 0.29) is 5.69 Å². The zero-order chi connectivity index (χ0) is 13.4. The summed E-state index contributed by atoms with van der Waals surface area (Å²) in [5.41, 5.74) is 1.06. The van der Waals surface area contributed by atoms with Crippen LogP contribution in [0.2, 0.25) is 5.02 Å². The van der Waals surface area contributed by atoms with Crippen LogP contribution in [-0.2, 0) is 0 Å². The molecule has 0 radical (unpaired) electrons. The van der Waals surface area contributed by atoms with Crippen LogP contribution in [0.25, 0.3) is 22.3 Å². The Morgan fingerprint density at radius 2 is 2.11 bits per heavy atom. The lowest BCUT2D eigenvalue weighted by atomic mass is 10.1. The maximum Gasteiger partial charge on any atom is 0.355 e. The summed E-state index contributed by atoms with van der Waals surface area (Å²) in [6.07, 6.45) is 1.44. The SMILES string of the molecule is O=C(O)c1ncccc1-c1cc2cc(Cl)ccc2o1. The van der Waals surface area contributed by atoms with Crippen LogP contribution in [0.4, 0.5) is 0 Å². The summed E-state index contributed by atoms with van der Waals surface area (Å²) in [4.78, 5) is 15.0. The first-order chi connectivity index (χ1) is 9.15. The number of carbonyl (C=O) groups is 1. The van der Waals surface area contributed by atoms with Crippen LogP contribution in [0.5, 0.6) is 0 Å². The summed E-state index contributed by atoms with van der Waals surface area (Å²) in [5.74, 6) is -0.628. The molecule has 1 N–H and O–H groups in total. The van der Waals surface area contributed by atoms with Crippen LogP contribution in [0.15, 0.2) is 47.0 Å². The first-order valence-corrected chi connectivity index (χ1v) is 5.91. The standard InChI is InChI=1S/C14H8ClNO3/c15-9-3-4-11-8(6-9)7-12(19-11)10-2-1-5-16-13(10)14(17)18/h1-7H,(H,17,18). The van der Waals surface area contributed by atoms with E-state index in [9.17, 15) is 4.79 Å². The Balaban J connectivity index is 2.22. The van der Waals surface area contributed by atoms with Gasteiger partial charge >= 0.3 is 5.97 Å². The van der Waals surface area contributed by atoms with E-state index in [0.29, 0.717) is 21.9 Å². The molecular formula is C14H8ClNO3. The van der Waals surface area contributed by atoms with Crippen molar-refractivity contribution in [1.82, 2.24) is 4.98 Å². The third kappa shape index (κ3) is 2.06. The fraction of sp³-hybridized carbons (Fsp3) is 0. The predicted molar refractivity (Wildman–Crippen MR) is 71.4 cm³/mol. The Bertz CT molecular complexity index is 779. The van der Waals surface area contributed by atoms with Gasteiger partial charge in [0.15, 0.2) is 5.69 Å². The van der Waals surface area contributed by atoms with Crippen molar-refractivity contribution in [2.75, 3.05) is 0 Å². The second-order valence-electron chi connectivity index (χ2n) is 4.00. The van der Waals surface area contributed by atoms with Gasteiger partial charge in [-0.05, 0) is 36.4 Å². The number of carboxylic acids is 1. The Labute approximate surface area is 113 Å². The highest BCUT2D eigenvalue weighted by atomic mass is 35.5. The van der Waals surface area contributed by atoms with Crippen molar-refractivity contribution in [3.63, 3.8) is 0 Å². The lowest BCUT2D eigenvalue weighted by molar-refractivity contribution is 0.0691. The minimum atomic E-state index is -1.09. The van der Waals surface area contributed by atoms with Crippen LogP contribution in [0.3, 0.4) is 0 Å². The van der Waals surface area contributed by atoms with Crippen LogP contribution in [-0.4, -0.2) is 16.1 Å². The van der Waals surface area contributed by atoms with E-state index in [1.807, 2.05) is 0 Å². The molecule has 0 bridgehead atoms. The van der Waals surface area contributed by atoms with Gasteiger partial charge in [0, 0.05) is 16.6 Å². The number of hydrogen-bond donors (Lipinski definition) is 1. The molecule has 0 amide bonds. The van der Waals surface area contributed by atoms with Crippen molar-refractivity contribution in [2.45, 2.75) is 0 Å². The quantitative estimate of drug-likeness (QED) is 0.770. The molecule has 4 nitrogen and oxygen atoms in total. The van der Waals surface area contributed by atoms with E-state index in [0.717, 1.165) is 5.39 Å². The number of halogens is 1. The molecule has 5 heteroatoms. The Hall–Kier alpha value is -2.33. The lowest BCUT2D eigenvalue weighted by Gasteiger charge is -2.00. The zero-order valence-corrected chi connectivity index (χ0v) is 10.4. The third-order valence-corrected chi connectivity index (χ3v) is 2.99. The van der Waals surface area contributed by atoms with Crippen molar-refractivity contribution >= 4 is 28.5 Å². The minimum Gasteiger partial charge on any atom is -0.476 e. The first kappa shape index (κ1) is 11.7. The highest BCUT2D eigenvalue weighted by Gasteiger charge is 2.16. The average Bonchev–Trinajstić information content (AvgIpc) is 2.81. The van der Waals surface area contributed by atoms with Crippen molar-refractivity contribution in [3.8, 4) is 11.3 Å². The number of nitrogens with zero attached hydrogens (tertiary/aromatic N) is 1. The van der Waals surface area contributed by atoms with Gasteiger partial charge in [0.2, 0.25) is 0 Å². The van der Waals surface area contributed by atoms with Gasteiger partial charge in [-0.25, -0.2) is 9.78 Å². The number of rotatable bonds is 2. The molecule has 3 aromatic rings. The van der Waals surface area contributed by atoms with Gasteiger partial charge in [-0.3, -0.25) is 0 Å². The largest absolute Gasteiger partial charge is 0.476 e. The van der Waals surface area contributed by atoms with E-state index in [1.54, 1.807) is 36.4 Å². The number of fused-ring (bicyclic) bond motifs is 1. The number of aromatic carboxylic acids is 1. The third-order valence-electron chi connectivity index (χ3n) is 2.75. The number of pyridine rings is 1. The molecule has 0 fully saturated rings. The summed E-state index contributed by atoms with van der Waals surface area (Å²) >= 11 is 5.91. The normalized spacial score (nSPS) is 10.8. The molecule has 0 spiro atoms. The smallest absolute Gasteiger partial charge is 0.355 e. The maximum atomic E-state index is 11.1. The molecule has 1 aromatic carbocycles. The summed E-state index contributed by atoms with van der Waals surface area (Å²) in [6, 6.07) is 10.3. The molecule has 94 valence electrons. The second kappa shape index (κ2) is 4.40. The molecule has 3 rings (SSSR count). The molecule has 0 unspecified atom stereocenters. The van der Waals surface area contributed by atoms with Gasteiger partial charge in [-0.1, -0.05) is 11.6 Å². The van der Waals surface area contributed by atoms with Crippen LogP contribution >= 0.6 is 11.6 Å². The van der Waals surface area contributed by atoms with Crippen LogP contribution in [0.1, 0.15) is 10.5 Å². The summed E-state index contributed by atoms with van der Waals surface area (Å²) in [7, 11) is 0. The van der Waals surface area contributed by atoms with Gasteiger partial charge in [0.1, 0.15) is 11.3 Å². The van der Waals surface area contributed by atoms with Crippen molar-refractivity contribution < 1.29 is 14.3 Å². The molecule has 0 atom stereocenters.